The van der Waals surface area contributed by atoms with Gasteiger partial charge in [-0.2, -0.15) is 4.98 Å². The number of benzene rings is 1. The molecule has 0 saturated heterocycles. The monoisotopic (exact) mass is 344 g/mol. The van der Waals surface area contributed by atoms with Gasteiger partial charge in [0, 0.05) is 49.2 Å². The fourth-order valence-corrected chi connectivity index (χ4v) is 2.54. The fourth-order valence-electron chi connectivity index (χ4n) is 2.54. The molecule has 0 radical (unpaired) electrons. The van der Waals surface area contributed by atoms with Crippen LogP contribution in [0.3, 0.4) is 0 Å². The molecule has 0 aliphatic heterocycles. The summed E-state index contributed by atoms with van der Waals surface area (Å²) in [6.07, 6.45) is 0. The molecule has 0 spiro atoms. The number of rotatable bonds is 9. The summed E-state index contributed by atoms with van der Waals surface area (Å²) in [5, 5.41) is 13.0. The van der Waals surface area contributed by atoms with Crippen LogP contribution in [0.2, 0.25) is 0 Å². The van der Waals surface area contributed by atoms with E-state index in [1.165, 1.54) is 0 Å². The SMILES string of the molecule is CNCC(C)NCc1cc(Nc2nc(C)cc(NC)n2)ccc1OC. The molecule has 136 valence electrons. The summed E-state index contributed by atoms with van der Waals surface area (Å²) < 4.78 is 5.47. The lowest BCUT2D eigenvalue weighted by atomic mass is 10.1. The third kappa shape index (κ3) is 5.58. The quantitative estimate of drug-likeness (QED) is 0.555. The Balaban J connectivity index is 2.16. The molecular weight excluding hydrogens is 316 g/mol. The Morgan fingerprint density at radius 3 is 2.64 bits per heavy atom. The summed E-state index contributed by atoms with van der Waals surface area (Å²) in [4.78, 5) is 8.86. The van der Waals surface area contributed by atoms with E-state index >= 15 is 0 Å². The highest BCUT2D eigenvalue weighted by atomic mass is 16.5. The van der Waals surface area contributed by atoms with Crippen molar-refractivity contribution in [2.45, 2.75) is 26.4 Å². The van der Waals surface area contributed by atoms with Gasteiger partial charge < -0.3 is 26.0 Å². The van der Waals surface area contributed by atoms with E-state index in [1.54, 1.807) is 7.11 Å². The summed E-state index contributed by atoms with van der Waals surface area (Å²) in [5.41, 5.74) is 2.90. The van der Waals surface area contributed by atoms with Crippen molar-refractivity contribution in [2.75, 3.05) is 38.4 Å². The Morgan fingerprint density at radius 1 is 1.16 bits per heavy atom. The molecule has 4 N–H and O–H groups in total. The maximum atomic E-state index is 5.47. The van der Waals surface area contributed by atoms with Crippen LogP contribution in [-0.2, 0) is 6.54 Å². The molecule has 1 atom stereocenters. The van der Waals surface area contributed by atoms with Crippen LogP contribution in [0.5, 0.6) is 5.75 Å². The first-order valence-electron chi connectivity index (χ1n) is 8.41. The molecule has 0 bridgehead atoms. The molecule has 1 heterocycles. The number of aryl methyl sites for hydroxylation is 1. The van der Waals surface area contributed by atoms with Crippen molar-refractivity contribution >= 4 is 17.5 Å². The molecule has 1 aromatic carbocycles. The number of nitrogens with zero attached hydrogens (tertiary/aromatic N) is 2. The maximum Gasteiger partial charge on any atom is 0.229 e. The van der Waals surface area contributed by atoms with Crippen molar-refractivity contribution in [1.82, 2.24) is 20.6 Å². The minimum atomic E-state index is 0.365. The summed E-state index contributed by atoms with van der Waals surface area (Å²) in [6.45, 7) is 5.72. The number of aromatic nitrogens is 2. The van der Waals surface area contributed by atoms with Gasteiger partial charge in [0.15, 0.2) is 0 Å². The number of nitrogens with one attached hydrogen (secondary N) is 4. The summed E-state index contributed by atoms with van der Waals surface area (Å²) in [5.74, 6) is 2.21. The normalized spacial score (nSPS) is 11.9. The molecule has 0 aliphatic carbocycles. The van der Waals surface area contributed by atoms with Crippen molar-refractivity contribution in [3.05, 3.63) is 35.5 Å². The lowest BCUT2D eigenvalue weighted by molar-refractivity contribution is 0.405. The molecule has 0 saturated carbocycles. The van der Waals surface area contributed by atoms with Crippen molar-refractivity contribution in [3.8, 4) is 5.75 Å². The van der Waals surface area contributed by atoms with Crippen LogP contribution in [0.25, 0.3) is 0 Å². The third-order valence-corrected chi connectivity index (χ3v) is 3.80. The Kier molecular flexibility index (Phi) is 6.97. The molecule has 0 aliphatic rings. The predicted molar refractivity (Wildman–Crippen MR) is 103 cm³/mol. The molecule has 0 amide bonds. The zero-order chi connectivity index (χ0) is 18.2. The molecule has 7 heteroatoms. The van der Waals surface area contributed by atoms with E-state index in [0.29, 0.717) is 12.0 Å². The highest BCUT2D eigenvalue weighted by Gasteiger charge is 2.08. The number of likely N-dealkylation sites (N-methyl/N-ethyl adjacent to an activating group) is 1. The highest BCUT2D eigenvalue weighted by Crippen LogP contribution is 2.24. The summed E-state index contributed by atoms with van der Waals surface area (Å²) >= 11 is 0. The molecule has 2 rings (SSSR count). The van der Waals surface area contributed by atoms with Crippen LogP contribution >= 0.6 is 0 Å². The topological polar surface area (TPSA) is 83.1 Å². The van der Waals surface area contributed by atoms with E-state index < -0.39 is 0 Å². The number of hydrogen-bond donors (Lipinski definition) is 4. The largest absolute Gasteiger partial charge is 0.496 e. The van der Waals surface area contributed by atoms with Crippen LogP contribution in [0.1, 0.15) is 18.2 Å². The standard InChI is InChI=1S/C18H28N6O/c1-12-8-17(20-4)24-18(22-12)23-15-6-7-16(25-5)14(9-15)11-21-13(2)10-19-3/h6-9,13,19,21H,10-11H2,1-5H3,(H2,20,22,23,24). The fraction of sp³-hybridized carbons (Fsp3) is 0.444. The van der Waals surface area contributed by atoms with E-state index in [9.17, 15) is 0 Å². The molecule has 0 fully saturated rings. The van der Waals surface area contributed by atoms with Gasteiger partial charge in [-0.05, 0) is 39.1 Å². The summed E-state index contributed by atoms with van der Waals surface area (Å²) in [6, 6.07) is 8.24. The molecular formula is C18H28N6O. The Labute approximate surface area is 149 Å². The van der Waals surface area contributed by atoms with Crippen LogP contribution in [0.4, 0.5) is 17.5 Å². The Hall–Kier alpha value is -2.38. The second kappa shape index (κ2) is 9.19. The van der Waals surface area contributed by atoms with Crippen LogP contribution in [-0.4, -0.2) is 43.8 Å². The maximum absolute atomic E-state index is 5.47. The van der Waals surface area contributed by atoms with Gasteiger partial charge in [-0.3, -0.25) is 0 Å². The second-order valence-electron chi connectivity index (χ2n) is 5.96. The minimum Gasteiger partial charge on any atom is -0.496 e. The second-order valence-corrected chi connectivity index (χ2v) is 5.96. The number of methoxy groups -OCH3 is 1. The van der Waals surface area contributed by atoms with Crippen LogP contribution in [0, 0.1) is 6.92 Å². The third-order valence-electron chi connectivity index (χ3n) is 3.80. The molecule has 25 heavy (non-hydrogen) atoms. The smallest absolute Gasteiger partial charge is 0.229 e. The number of hydrogen-bond acceptors (Lipinski definition) is 7. The first kappa shape index (κ1) is 19.0. The van der Waals surface area contributed by atoms with E-state index in [2.05, 4.69) is 44.2 Å². The zero-order valence-electron chi connectivity index (χ0n) is 15.6. The Bertz CT molecular complexity index is 691. The van der Waals surface area contributed by atoms with Gasteiger partial charge in [0.25, 0.3) is 0 Å². The minimum absolute atomic E-state index is 0.365. The zero-order valence-corrected chi connectivity index (χ0v) is 15.6. The van der Waals surface area contributed by atoms with Crippen molar-refractivity contribution in [3.63, 3.8) is 0 Å². The molecule has 2 aromatic rings. The van der Waals surface area contributed by atoms with Crippen molar-refractivity contribution in [1.29, 1.82) is 0 Å². The molecule has 1 unspecified atom stereocenters. The van der Waals surface area contributed by atoms with Crippen molar-refractivity contribution < 1.29 is 4.74 Å². The van der Waals surface area contributed by atoms with Crippen molar-refractivity contribution in [2.24, 2.45) is 0 Å². The van der Waals surface area contributed by atoms with Crippen LogP contribution < -0.4 is 26.0 Å². The first-order valence-corrected chi connectivity index (χ1v) is 8.41. The first-order chi connectivity index (χ1) is 12.0. The van der Waals surface area contributed by atoms with Gasteiger partial charge in [0.2, 0.25) is 5.95 Å². The molecule has 1 aromatic heterocycles. The highest BCUT2D eigenvalue weighted by molar-refractivity contribution is 5.58. The van der Waals surface area contributed by atoms with Gasteiger partial charge in [0.1, 0.15) is 11.6 Å². The van der Waals surface area contributed by atoms with E-state index in [0.717, 1.165) is 41.6 Å². The van der Waals surface area contributed by atoms with Gasteiger partial charge in [0.05, 0.1) is 7.11 Å². The predicted octanol–water partition coefficient (Wildman–Crippen LogP) is 2.28. The van der Waals surface area contributed by atoms with Crippen LogP contribution in [0.15, 0.2) is 24.3 Å². The number of anilines is 3. The van der Waals surface area contributed by atoms with E-state index in [1.807, 2.05) is 39.2 Å². The van der Waals surface area contributed by atoms with Gasteiger partial charge in [-0.1, -0.05) is 0 Å². The number of ether oxygens (including phenoxy) is 1. The van der Waals surface area contributed by atoms with Gasteiger partial charge in [-0.15, -0.1) is 0 Å². The van der Waals surface area contributed by atoms with E-state index in [4.69, 9.17) is 4.74 Å². The molecule has 7 nitrogen and oxygen atoms in total. The average Bonchev–Trinajstić information content (AvgIpc) is 2.60. The van der Waals surface area contributed by atoms with E-state index in [-0.39, 0.29) is 0 Å². The van der Waals surface area contributed by atoms with Gasteiger partial charge in [-0.25, -0.2) is 4.98 Å². The average molecular weight is 344 g/mol. The van der Waals surface area contributed by atoms with Gasteiger partial charge >= 0.3 is 0 Å². The Morgan fingerprint density at radius 2 is 1.96 bits per heavy atom. The lowest BCUT2D eigenvalue weighted by Crippen LogP contribution is -2.34. The lowest BCUT2D eigenvalue weighted by Gasteiger charge is -2.16. The summed E-state index contributed by atoms with van der Waals surface area (Å²) in [7, 11) is 5.48.